The maximum absolute atomic E-state index is 13.9. The van der Waals surface area contributed by atoms with Gasteiger partial charge >= 0.3 is 0 Å². The van der Waals surface area contributed by atoms with E-state index in [1.165, 1.54) is 20.5 Å². The molecule has 176 valence electrons. The zero-order valence-corrected chi connectivity index (χ0v) is 20.9. The van der Waals surface area contributed by atoms with Crippen LogP contribution < -0.4 is 4.74 Å². The Bertz CT molecular complexity index is 1370. The first kappa shape index (κ1) is 22.1. The number of hydrogen-bond acceptors (Lipinski definition) is 3. The lowest BCUT2D eigenvalue weighted by atomic mass is 9.75. The molecule has 1 amide bonds. The number of fused-ring (bicyclic) bond motifs is 2. The minimum absolute atomic E-state index is 0.00593. The summed E-state index contributed by atoms with van der Waals surface area (Å²) in [5, 5.41) is 1.26. The number of amides is 1. The standard InChI is InChI=1S/C31H29NO2S/c1-20-9-8-13-24-29(20)31(33)32(19-21-10-4-3-5-11-21)30(24)25-17-23(15-16-26(25)34-2)28-18-22-12-6-7-14-27(22)35-28/h3-8,10-18,20,24,29-30H,9,19H2,1-2H3/t20-,24+,29+,30+/m0/s1. The number of hydrogen-bond donors (Lipinski definition) is 0. The van der Waals surface area contributed by atoms with Crippen molar-refractivity contribution in [1.82, 2.24) is 4.90 Å². The predicted molar refractivity (Wildman–Crippen MR) is 143 cm³/mol. The highest BCUT2D eigenvalue weighted by atomic mass is 32.1. The van der Waals surface area contributed by atoms with Gasteiger partial charge in [0.2, 0.25) is 5.91 Å². The molecule has 35 heavy (non-hydrogen) atoms. The second-order valence-corrected chi connectivity index (χ2v) is 10.8. The zero-order chi connectivity index (χ0) is 23.9. The summed E-state index contributed by atoms with van der Waals surface area (Å²) in [6, 6.07) is 27.5. The highest BCUT2D eigenvalue weighted by molar-refractivity contribution is 7.22. The van der Waals surface area contributed by atoms with Gasteiger partial charge in [-0.05, 0) is 59.2 Å². The van der Waals surface area contributed by atoms with E-state index in [4.69, 9.17) is 4.74 Å². The second-order valence-electron chi connectivity index (χ2n) is 9.75. The zero-order valence-electron chi connectivity index (χ0n) is 20.1. The van der Waals surface area contributed by atoms with Crippen LogP contribution in [0.3, 0.4) is 0 Å². The van der Waals surface area contributed by atoms with E-state index in [1.807, 2.05) is 18.2 Å². The number of methoxy groups -OCH3 is 1. The largest absolute Gasteiger partial charge is 0.496 e. The van der Waals surface area contributed by atoms with Gasteiger partial charge in [-0.1, -0.05) is 67.6 Å². The third-order valence-corrected chi connectivity index (χ3v) is 8.78. The Labute approximate surface area is 210 Å². The summed E-state index contributed by atoms with van der Waals surface area (Å²) in [6.45, 7) is 2.82. The molecule has 6 rings (SSSR count). The van der Waals surface area contributed by atoms with Crippen LogP contribution in [0, 0.1) is 17.8 Å². The van der Waals surface area contributed by atoms with Gasteiger partial charge in [0.1, 0.15) is 5.75 Å². The average Bonchev–Trinajstić information content (AvgIpc) is 3.44. The Morgan fingerprint density at radius 1 is 1.00 bits per heavy atom. The van der Waals surface area contributed by atoms with E-state index in [-0.39, 0.29) is 23.8 Å². The van der Waals surface area contributed by atoms with E-state index >= 15 is 0 Å². The van der Waals surface area contributed by atoms with Gasteiger partial charge in [-0.15, -0.1) is 11.3 Å². The Balaban J connectivity index is 1.48. The minimum atomic E-state index is -0.0593. The van der Waals surface area contributed by atoms with Crippen LogP contribution >= 0.6 is 11.3 Å². The van der Waals surface area contributed by atoms with Crippen molar-refractivity contribution >= 4 is 27.3 Å². The van der Waals surface area contributed by atoms with Crippen molar-refractivity contribution in [3.8, 4) is 16.2 Å². The summed E-state index contributed by atoms with van der Waals surface area (Å²) >= 11 is 1.81. The number of ether oxygens (including phenoxy) is 1. The highest BCUT2D eigenvalue weighted by Crippen LogP contribution is 2.51. The summed E-state index contributed by atoms with van der Waals surface area (Å²) in [7, 11) is 1.73. The number of benzene rings is 3. The van der Waals surface area contributed by atoms with Gasteiger partial charge in [-0.2, -0.15) is 0 Å². The Morgan fingerprint density at radius 2 is 1.80 bits per heavy atom. The van der Waals surface area contributed by atoms with Crippen LogP contribution in [0.15, 0.2) is 91.0 Å². The quantitative estimate of drug-likeness (QED) is 0.278. The summed E-state index contributed by atoms with van der Waals surface area (Å²) in [5.41, 5.74) is 3.42. The molecule has 1 aliphatic heterocycles. The molecule has 1 aliphatic carbocycles. The van der Waals surface area contributed by atoms with Crippen molar-refractivity contribution < 1.29 is 9.53 Å². The van der Waals surface area contributed by atoms with E-state index < -0.39 is 0 Å². The molecule has 4 aromatic rings. The van der Waals surface area contributed by atoms with E-state index in [0.29, 0.717) is 12.5 Å². The third-order valence-electron chi connectivity index (χ3n) is 7.62. The second kappa shape index (κ2) is 9.01. The molecule has 0 N–H and O–H groups in total. The van der Waals surface area contributed by atoms with Crippen molar-refractivity contribution in [3.05, 3.63) is 102 Å². The van der Waals surface area contributed by atoms with Gasteiger partial charge in [-0.25, -0.2) is 0 Å². The fourth-order valence-corrected chi connectivity index (χ4v) is 6.98. The maximum atomic E-state index is 13.9. The van der Waals surface area contributed by atoms with Gasteiger partial charge in [0.15, 0.2) is 0 Å². The first-order chi connectivity index (χ1) is 17.1. The molecule has 1 saturated heterocycles. The van der Waals surface area contributed by atoms with Crippen molar-refractivity contribution in [3.63, 3.8) is 0 Å². The molecule has 0 saturated carbocycles. The van der Waals surface area contributed by atoms with Gasteiger partial charge in [0.25, 0.3) is 0 Å². The summed E-state index contributed by atoms with van der Waals surface area (Å²) in [6.07, 6.45) is 5.50. The number of rotatable bonds is 5. The molecule has 0 spiro atoms. The van der Waals surface area contributed by atoms with Crippen molar-refractivity contribution in [2.75, 3.05) is 7.11 Å². The Kier molecular flexibility index (Phi) is 5.69. The lowest BCUT2D eigenvalue weighted by Gasteiger charge is -2.30. The number of thiophene rings is 1. The normalized spacial score (nSPS) is 23.6. The molecule has 2 aliphatic rings. The highest BCUT2D eigenvalue weighted by Gasteiger charge is 2.51. The number of carbonyl (C=O) groups is 1. The first-order valence-corrected chi connectivity index (χ1v) is 13.1. The number of likely N-dealkylation sites (tertiary alicyclic amines) is 1. The van der Waals surface area contributed by atoms with Gasteiger partial charge in [0, 0.05) is 33.5 Å². The lowest BCUT2D eigenvalue weighted by molar-refractivity contribution is -0.134. The maximum Gasteiger partial charge on any atom is 0.227 e. The topological polar surface area (TPSA) is 29.5 Å². The van der Waals surface area contributed by atoms with Crippen molar-refractivity contribution in [2.45, 2.75) is 25.9 Å². The smallest absolute Gasteiger partial charge is 0.227 e. The summed E-state index contributed by atoms with van der Waals surface area (Å²) < 4.78 is 7.17. The van der Waals surface area contributed by atoms with E-state index in [0.717, 1.165) is 23.3 Å². The van der Waals surface area contributed by atoms with Crippen LogP contribution in [0.25, 0.3) is 20.5 Å². The van der Waals surface area contributed by atoms with Crippen LogP contribution in [-0.2, 0) is 11.3 Å². The molecule has 0 radical (unpaired) electrons. The van der Waals surface area contributed by atoms with E-state index in [1.54, 1.807) is 18.4 Å². The van der Waals surface area contributed by atoms with Gasteiger partial charge in [-0.3, -0.25) is 4.79 Å². The lowest BCUT2D eigenvalue weighted by Crippen LogP contribution is -2.30. The monoisotopic (exact) mass is 479 g/mol. The molecule has 4 atom stereocenters. The molecule has 1 fully saturated rings. The fourth-order valence-electron chi connectivity index (χ4n) is 5.92. The molecular weight excluding hydrogens is 450 g/mol. The molecule has 0 bridgehead atoms. The molecule has 2 heterocycles. The molecule has 0 unspecified atom stereocenters. The van der Waals surface area contributed by atoms with Crippen molar-refractivity contribution in [1.29, 1.82) is 0 Å². The third kappa shape index (κ3) is 3.86. The molecule has 3 aromatic carbocycles. The molecule has 3 nitrogen and oxygen atoms in total. The van der Waals surface area contributed by atoms with Crippen LogP contribution in [0.2, 0.25) is 0 Å². The van der Waals surface area contributed by atoms with Gasteiger partial charge < -0.3 is 9.64 Å². The minimum Gasteiger partial charge on any atom is -0.496 e. The number of carbonyl (C=O) groups excluding carboxylic acids is 1. The molecule has 1 aromatic heterocycles. The van der Waals surface area contributed by atoms with Crippen LogP contribution in [-0.4, -0.2) is 17.9 Å². The summed E-state index contributed by atoms with van der Waals surface area (Å²) in [5.74, 6) is 1.58. The number of allylic oxidation sites excluding steroid dienone is 1. The van der Waals surface area contributed by atoms with E-state index in [9.17, 15) is 4.79 Å². The molecular formula is C31H29NO2S. The SMILES string of the molecule is COc1ccc(-c2cc3ccccc3s2)cc1[C@H]1[C@@H]2C=CC[C@H](C)[C@H]2C(=O)N1Cc1ccccc1. The van der Waals surface area contributed by atoms with Crippen LogP contribution in [0.4, 0.5) is 0 Å². The van der Waals surface area contributed by atoms with Crippen LogP contribution in [0.5, 0.6) is 5.75 Å². The Morgan fingerprint density at radius 3 is 2.60 bits per heavy atom. The average molecular weight is 480 g/mol. The summed E-state index contributed by atoms with van der Waals surface area (Å²) in [4.78, 5) is 17.2. The van der Waals surface area contributed by atoms with Crippen molar-refractivity contribution in [2.24, 2.45) is 17.8 Å². The Hall–Kier alpha value is -3.37. The first-order valence-electron chi connectivity index (χ1n) is 12.3. The fraction of sp³-hybridized carbons (Fsp3) is 0.258. The van der Waals surface area contributed by atoms with E-state index in [2.05, 4.69) is 84.6 Å². The van der Waals surface area contributed by atoms with Crippen LogP contribution in [0.1, 0.15) is 30.5 Å². The molecule has 4 heteroatoms. The van der Waals surface area contributed by atoms with Gasteiger partial charge in [0.05, 0.1) is 13.2 Å². The number of nitrogens with zero attached hydrogens (tertiary/aromatic N) is 1. The predicted octanol–water partition coefficient (Wildman–Crippen LogP) is 7.49.